The molecule has 0 aliphatic rings. The molecule has 0 unspecified atom stereocenters. The first-order valence-corrected chi connectivity index (χ1v) is 11.0. The third-order valence-corrected chi connectivity index (χ3v) is 5.12. The van der Waals surface area contributed by atoms with Gasteiger partial charge in [-0.3, -0.25) is 10.1 Å². The van der Waals surface area contributed by atoms with E-state index in [0.717, 1.165) is 6.08 Å². The second-order valence-corrected chi connectivity index (χ2v) is 9.43. The summed E-state index contributed by atoms with van der Waals surface area (Å²) in [5, 5.41) is 4.58. The van der Waals surface area contributed by atoms with Gasteiger partial charge in [-0.25, -0.2) is 22.7 Å². The zero-order valence-electron chi connectivity index (χ0n) is 17.9. The van der Waals surface area contributed by atoms with E-state index in [1.807, 2.05) is 5.32 Å². The molecule has 0 aliphatic heterocycles. The van der Waals surface area contributed by atoms with E-state index < -0.39 is 40.1 Å². The maximum absolute atomic E-state index is 12.3. The van der Waals surface area contributed by atoms with E-state index in [2.05, 4.69) is 10.0 Å². The minimum atomic E-state index is -3.73. The molecular formula is C21H25N3O7S. The number of hydrogen-bond donors (Lipinski definition) is 3. The van der Waals surface area contributed by atoms with Crippen molar-refractivity contribution in [2.75, 3.05) is 6.61 Å². The van der Waals surface area contributed by atoms with Crippen molar-refractivity contribution in [3.8, 4) is 0 Å². The topological polar surface area (TPSA) is 144 Å². The van der Waals surface area contributed by atoms with Crippen LogP contribution >= 0.6 is 0 Å². The molecule has 1 aromatic carbocycles. The number of imide groups is 1. The Morgan fingerprint density at radius 1 is 1.09 bits per heavy atom. The van der Waals surface area contributed by atoms with Crippen LogP contribution in [0.15, 0.2) is 58.1 Å². The van der Waals surface area contributed by atoms with Gasteiger partial charge in [0.05, 0.1) is 17.7 Å². The van der Waals surface area contributed by atoms with Crippen LogP contribution in [-0.4, -0.2) is 38.5 Å². The van der Waals surface area contributed by atoms with Gasteiger partial charge in [-0.05, 0) is 56.7 Å². The van der Waals surface area contributed by atoms with E-state index in [0.29, 0.717) is 11.3 Å². The number of carbonyl (C=O) groups excluding carboxylic acids is 3. The molecule has 11 heteroatoms. The van der Waals surface area contributed by atoms with Crippen LogP contribution in [0.4, 0.5) is 4.79 Å². The van der Waals surface area contributed by atoms with Crippen LogP contribution in [0.2, 0.25) is 0 Å². The van der Waals surface area contributed by atoms with Crippen LogP contribution in [0.25, 0.3) is 6.08 Å². The van der Waals surface area contributed by atoms with Crippen LogP contribution < -0.4 is 15.4 Å². The lowest BCUT2D eigenvalue weighted by molar-refractivity contribution is -0.143. The molecule has 0 fully saturated rings. The third-order valence-electron chi connectivity index (χ3n) is 3.71. The lowest BCUT2D eigenvalue weighted by Crippen LogP contribution is -2.49. The lowest BCUT2D eigenvalue weighted by atomic mass is 10.1. The van der Waals surface area contributed by atoms with E-state index in [1.54, 1.807) is 32.9 Å². The average molecular weight is 464 g/mol. The number of nitrogens with one attached hydrogen (secondary N) is 3. The van der Waals surface area contributed by atoms with E-state index >= 15 is 0 Å². The molecule has 3 amide bonds. The number of carbonyl (C=O) groups is 3. The summed E-state index contributed by atoms with van der Waals surface area (Å²) in [7, 11) is -3.73. The van der Waals surface area contributed by atoms with Crippen molar-refractivity contribution in [3.05, 3.63) is 60.1 Å². The predicted octanol–water partition coefficient (Wildman–Crippen LogP) is 1.94. The summed E-state index contributed by atoms with van der Waals surface area (Å²) >= 11 is 0. The fourth-order valence-corrected chi connectivity index (χ4v) is 3.30. The predicted molar refractivity (Wildman–Crippen MR) is 116 cm³/mol. The highest BCUT2D eigenvalue weighted by Crippen LogP contribution is 2.12. The molecule has 0 saturated carbocycles. The average Bonchev–Trinajstić information content (AvgIpc) is 3.22. The number of ether oxygens (including phenoxy) is 1. The summed E-state index contributed by atoms with van der Waals surface area (Å²) in [5.41, 5.74) is 0.0228. The highest BCUT2D eigenvalue weighted by atomic mass is 32.2. The molecule has 2 rings (SSSR count). The quantitative estimate of drug-likeness (QED) is 0.401. The fraction of sp³-hybridized carbons (Fsp3) is 0.286. The van der Waals surface area contributed by atoms with Gasteiger partial charge in [0.15, 0.2) is 6.61 Å². The van der Waals surface area contributed by atoms with Gasteiger partial charge in [-0.15, -0.1) is 0 Å². The number of hydrogen-bond acceptors (Lipinski definition) is 7. The van der Waals surface area contributed by atoms with Crippen LogP contribution in [0.5, 0.6) is 0 Å². The van der Waals surface area contributed by atoms with Crippen molar-refractivity contribution in [2.45, 2.75) is 37.8 Å². The number of amides is 3. The summed E-state index contributed by atoms with van der Waals surface area (Å²) in [5.74, 6) is -1.09. The van der Waals surface area contributed by atoms with Crippen LogP contribution in [-0.2, 0) is 30.9 Å². The minimum Gasteiger partial charge on any atom is -0.468 e. The molecule has 0 radical (unpaired) electrons. The molecule has 172 valence electrons. The minimum absolute atomic E-state index is 0.0221. The van der Waals surface area contributed by atoms with E-state index in [4.69, 9.17) is 9.15 Å². The number of sulfonamides is 1. The molecular weight excluding hydrogens is 438 g/mol. The van der Waals surface area contributed by atoms with E-state index in [1.165, 1.54) is 36.6 Å². The fourth-order valence-electron chi connectivity index (χ4n) is 2.30. The number of urea groups is 1. The Balaban J connectivity index is 1.82. The molecule has 1 aromatic heterocycles. The van der Waals surface area contributed by atoms with Crippen molar-refractivity contribution in [1.82, 2.24) is 15.4 Å². The molecule has 1 heterocycles. The zero-order valence-corrected chi connectivity index (χ0v) is 18.7. The summed E-state index contributed by atoms with van der Waals surface area (Å²) in [6.07, 6.45) is 3.94. The van der Waals surface area contributed by atoms with Gasteiger partial charge in [0.1, 0.15) is 5.76 Å². The Kier molecular flexibility index (Phi) is 8.33. The van der Waals surface area contributed by atoms with Crippen LogP contribution in [0, 0.1) is 0 Å². The Morgan fingerprint density at radius 2 is 1.78 bits per heavy atom. The van der Waals surface area contributed by atoms with Crippen molar-refractivity contribution in [3.63, 3.8) is 0 Å². The summed E-state index contributed by atoms with van der Waals surface area (Å²) in [6, 6.07) is 8.41. The first kappa shape index (κ1) is 24.8. The van der Waals surface area contributed by atoms with E-state index in [-0.39, 0.29) is 11.4 Å². The Morgan fingerprint density at radius 3 is 2.38 bits per heavy atom. The van der Waals surface area contributed by atoms with Crippen LogP contribution in [0.1, 0.15) is 32.1 Å². The Bertz CT molecular complexity index is 1070. The van der Waals surface area contributed by atoms with Gasteiger partial charge < -0.3 is 14.5 Å². The monoisotopic (exact) mass is 463 g/mol. The molecule has 0 spiro atoms. The maximum Gasteiger partial charge on any atom is 0.331 e. The Hall–Kier alpha value is -3.44. The van der Waals surface area contributed by atoms with Crippen molar-refractivity contribution >= 4 is 34.0 Å². The van der Waals surface area contributed by atoms with Crippen molar-refractivity contribution in [2.24, 2.45) is 0 Å². The van der Waals surface area contributed by atoms with Crippen molar-refractivity contribution < 1.29 is 32.0 Å². The van der Waals surface area contributed by atoms with Crippen molar-refractivity contribution in [1.29, 1.82) is 0 Å². The van der Waals surface area contributed by atoms with Gasteiger partial charge in [0.25, 0.3) is 5.91 Å². The largest absolute Gasteiger partial charge is 0.468 e. The lowest BCUT2D eigenvalue weighted by Gasteiger charge is -2.20. The molecule has 0 aliphatic carbocycles. The Labute approximate surface area is 186 Å². The molecule has 32 heavy (non-hydrogen) atoms. The number of furan rings is 1. The second kappa shape index (κ2) is 10.7. The molecule has 10 nitrogen and oxygen atoms in total. The molecule has 0 bridgehead atoms. The number of benzene rings is 1. The smallest absolute Gasteiger partial charge is 0.331 e. The standard InChI is InChI=1S/C21H25N3O7S/c1-21(2,3)24-20(27)23-18(25)14-31-19(26)11-8-15-6-9-17(10-7-15)32(28,29)22-13-16-5-4-12-30-16/h4-12,22H,13-14H2,1-3H3,(H2,23,24,25,27)/b11-8+. The molecule has 2 aromatic rings. The van der Waals surface area contributed by atoms with Gasteiger partial charge in [0, 0.05) is 11.6 Å². The van der Waals surface area contributed by atoms with Crippen LogP contribution in [0.3, 0.4) is 0 Å². The first-order chi connectivity index (χ1) is 14.9. The van der Waals surface area contributed by atoms with Gasteiger partial charge in [0.2, 0.25) is 10.0 Å². The molecule has 0 saturated heterocycles. The van der Waals surface area contributed by atoms with E-state index in [9.17, 15) is 22.8 Å². The summed E-state index contributed by atoms with van der Waals surface area (Å²) in [6.45, 7) is 4.65. The normalized spacial score (nSPS) is 11.8. The zero-order chi connectivity index (χ0) is 23.8. The summed E-state index contributed by atoms with van der Waals surface area (Å²) < 4.78 is 36.9. The molecule has 3 N–H and O–H groups in total. The van der Waals surface area contributed by atoms with Gasteiger partial charge in [-0.2, -0.15) is 0 Å². The highest BCUT2D eigenvalue weighted by molar-refractivity contribution is 7.89. The number of esters is 1. The first-order valence-electron chi connectivity index (χ1n) is 9.53. The number of rotatable bonds is 8. The second-order valence-electron chi connectivity index (χ2n) is 7.67. The third kappa shape index (κ3) is 8.74. The highest BCUT2D eigenvalue weighted by Gasteiger charge is 2.16. The van der Waals surface area contributed by atoms with Gasteiger partial charge in [-0.1, -0.05) is 12.1 Å². The molecule has 0 atom stereocenters. The SMILES string of the molecule is CC(C)(C)NC(=O)NC(=O)COC(=O)/C=C/c1ccc(S(=O)(=O)NCc2ccco2)cc1. The van der Waals surface area contributed by atoms with Gasteiger partial charge >= 0.3 is 12.0 Å². The summed E-state index contributed by atoms with van der Waals surface area (Å²) in [4.78, 5) is 35.0. The maximum atomic E-state index is 12.3.